The first-order valence-electron chi connectivity index (χ1n) is 5.32. The van der Waals surface area contributed by atoms with Crippen LogP contribution in [0, 0.1) is 11.8 Å². The van der Waals surface area contributed by atoms with Gasteiger partial charge in [-0.2, -0.15) is 0 Å². The van der Waals surface area contributed by atoms with Crippen molar-refractivity contribution in [3.05, 3.63) is 0 Å². The monoisotopic (exact) mass is 199 g/mol. The van der Waals surface area contributed by atoms with Crippen molar-refractivity contribution in [1.29, 1.82) is 0 Å². The SMILES string of the molecule is O=C(O)C1CC1CNCC1CCCO1. The third-order valence-corrected chi connectivity index (χ3v) is 3.04. The summed E-state index contributed by atoms with van der Waals surface area (Å²) in [7, 11) is 0. The molecule has 1 saturated heterocycles. The molecule has 4 heteroatoms. The maximum Gasteiger partial charge on any atom is 0.306 e. The largest absolute Gasteiger partial charge is 0.481 e. The van der Waals surface area contributed by atoms with E-state index < -0.39 is 5.97 Å². The lowest BCUT2D eigenvalue weighted by Crippen LogP contribution is -2.28. The van der Waals surface area contributed by atoms with Gasteiger partial charge in [-0.25, -0.2) is 0 Å². The number of nitrogens with one attached hydrogen (secondary N) is 1. The number of aliphatic carboxylic acids is 1. The minimum absolute atomic E-state index is 0.0907. The van der Waals surface area contributed by atoms with Gasteiger partial charge in [0.15, 0.2) is 0 Å². The zero-order valence-electron chi connectivity index (χ0n) is 8.24. The lowest BCUT2D eigenvalue weighted by molar-refractivity contribution is -0.138. The standard InChI is InChI=1S/C10H17NO3/c12-10(13)9-4-7(9)5-11-6-8-2-1-3-14-8/h7-9,11H,1-6H2,(H,12,13). The molecule has 0 aromatic carbocycles. The molecule has 0 spiro atoms. The Kier molecular flexibility index (Phi) is 3.03. The van der Waals surface area contributed by atoms with Crippen molar-refractivity contribution >= 4 is 5.97 Å². The highest BCUT2D eigenvalue weighted by Crippen LogP contribution is 2.37. The predicted molar refractivity (Wildman–Crippen MR) is 51.1 cm³/mol. The Bertz CT molecular complexity index is 213. The van der Waals surface area contributed by atoms with E-state index in [0.717, 1.165) is 39.0 Å². The van der Waals surface area contributed by atoms with E-state index in [9.17, 15) is 4.79 Å². The van der Waals surface area contributed by atoms with Crippen LogP contribution in [0.4, 0.5) is 0 Å². The van der Waals surface area contributed by atoms with Crippen LogP contribution in [-0.2, 0) is 9.53 Å². The van der Waals surface area contributed by atoms with E-state index in [1.807, 2.05) is 0 Å². The molecular weight excluding hydrogens is 182 g/mol. The van der Waals surface area contributed by atoms with Gasteiger partial charge in [-0.1, -0.05) is 0 Å². The molecule has 2 fully saturated rings. The van der Waals surface area contributed by atoms with Crippen LogP contribution in [0.25, 0.3) is 0 Å². The highest BCUT2D eigenvalue weighted by atomic mass is 16.5. The maximum absolute atomic E-state index is 10.5. The summed E-state index contributed by atoms with van der Waals surface area (Å²) in [6.45, 7) is 2.59. The molecule has 3 unspecified atom stereocenters. The first-order valence-corrected chi connectivity index (χ1v) is 5.32. The smallest absolute Gasteiger partial charge is 0.306 e. The predicted octanol–water partition coefficient (Wildman–Crippen LogP) is 0.476. The van der Waals surface area contributed by atoms with Crippen molar-refractivity contribution in [2.75, 3.05) is 19.7 Å². The van der Waals surface area contributed by atoms with Crippen molar-refractivity contribution in [2.24, 2.45) is 11.8 Å². The number of hydrogen-bond donors (Lipinski definition) is 2. The fraction of sp³-hybridized carbons (Fsp3) is 0.900. The van der Waals surface area contributed by atoms with Gasteiger partial charge in [0.2, 0.25) is 0 Å². The summed E-state index contributed by atoms with van der Waals surface area (Å²) >= 11 is 0. The van der Waals surface area contributed by atoms with E-state index in [2.05, 4.69) is 5.32 Å². The van der Waals surface area contributed by atoms with Gasteiger partial charge in [0, 0.05) is 13.2 Å². The number of carboxylic acids is 1. The van der Waals surface area contributed by atoms with E-state index in [4.69, 9.17) is 9.84 Å². The summed E-state index contributed by atoms with van der Waals surface area (Å²) in [5, 5.41) is 12.0. The van der Waals surface area contributed by atoms with Crippen molar-refractivity contribution in [1.82, 2.24) is 5.32 Å². The highest BCUT2D eigenvalue weighted by molar-refractivity contribution is 5.73. The van der Waals surface area contributed by atoms with Gasteiger partial charge >= 0.3 is 5.97 Å². The Labute approximate surface area is 83.6 Å². The van der Waals surface area contributed by atoms with Crippen LogP contribution in [0.2, 0.25) is 0 Å². The van der Waals surface area contributed by atoms with E-state index in [0.29, 0.717) is 12.0 Å². The number of carboxylic acid groups (broad SMARTS) is 1. The molecule has 2 rings (SSSR count). The third kappa shape index (κ3) is 2.45. The third-order valence-electron chi connectivity index (χ3n) is 3.04. The highest BCUT2D eigenvalue weighted by Gasteiger charge is 2.42. The van der Waals surface area contributed by atoms with Crippen molar-refractivity contribution in [3.63, 3.8) is 0 Å². The summed E-state index contributed by atoms with van der Waals surface area (Å²) in [6, 6.07) is 0. The quantitative estimate of drug-likeness (QED) is 0.676. The van der Waals surface area contributed by atoms with Gasteiger partial charge in [-0.15, -0.1) is 0 Å². The Morgan fingerprint density at radius 2 is 2.36 bits per heavy atom. The molecule has 1 heterocycles. The van der Waals surface area contributed by atoms with Crippen LogP contribution in [0.5, 0.6) is 0 Å². The molecular formula is C10H17NO3. The second-order valence-electron chi connectivity index (χ2n) is 4.23. The molecule has 0 bridgehead atoms. The second kappa shape index (κ2) is 4.28. The number of hydrogen-bond acceptors (Lipinski definition) is 3. The van der Waals surface area contributed by atoms with Gasteiger partial charge in [-0.3, -0.25) is 4.79 Å². The Balaban J connectivity index is 1.54. The molecule has 1 aliphatic carbocycles. The number of carbonyl (C=O) groups is 1. The van der Waals surface area contributed by atoms with Crippen molar-refractivity contribution in [2.45, 2.75) is 25.4 Å². The van der Waals surface area contributed by atoms with Crippen LogP contribution in [0.3, 0.4) is 0 Å². The van der Waals surface area contributed by atoms with Gasteiger partial charge in [-0.05, 0) is 31.7 Å². The molecule has 3 atom stereocenters. The maximum atomic E-state index is 10.5. The van der Waals surface area contributed by atoms with Crippen LogP contribution < -0.4 is 5.32 Å². The molecule has 0 amide bonds. The number of ether oxygens (including phenoxy) is 1. The molecule has 4 nitrogen and oxygen atoms in total. The van der Waals surface area contributed by atoms with E-state index in [1.54, 1.807) is 0 Å². The average Bonchev–Trinajstić information content (AvgIpc) is 2.73. The Morgan fingerprint density at radius 1 is 1.50 bits per heavy atom. The van der Waals surface area contributed by atoms with Crippen LogP contribution >= 0.6 is 0 Å². The zero-order chi connectivity index (χ0) is 9.97. The van der Waals surface area contributed by atoms with Crippen LogP contribution in [-0.4, -0.2) is 36.9 Å². The van der Waals surface area contributed by atoms with Gasteiger partial charge in [0.05, 0.1) is 12.0 Å². The Morgan fingerprint density at radius 3 is 2.93 bits per heavy atom. The van der Waals surface area contributed by atoms with E-state index >= 15 is 0 Å². The molecule has 2 aliphatic rings. The minimum atomic E-state index is -0.645. The molecule has 1 aliphatic heterocycles. The number of rotatable bonds is 5. The first kappa shape index (κ1) is 9.93. The second-order valence-corrected chi connectivity index (χ2v) is 4.23. The summed E-state index contributed by atoms with van der Waals surface area (Å²) in [5.41, 5.74) is 0. The molecule has 1 saturated carbocycles. The summed E-state index contributed by atoms with van der Waals surface area (Å²) in [4.78, 5) is 10.5. The van der Waals surface area contributed by atoms with Crippen molar-refractivity contribution < 1.29 is 14.6 Å². The van der Waals surface area contributed by atoms with Gasteiger partial charge < -0.3 is 15.2 Å². The molecule has 2 N–H and O–H groups in total. The lowest BCUT2D eigenvalue weighted by atomic mass is 10.2. The van der Waals surface area contributed by atoms with E-state index in [1.165, 1.54) is 0 Å². The molecule has 0 aromatic rings. The van der Waals surface area contributed by atoms with Crippen LogP contribution in [0.15, 0.2) is 0 Å². The first-order chi connectivity index (χ1) is 6.77. The summed E-state index contributed by atoms with van der Waals surface area (Å²) in [6.07, 6.45) is 3.50. The Hall–Kier alpha value is -0.610. The molecule has 0 radical (unpaired) electrons. The summed E-state index contributed by atoms with van der Waals surface area (Å²) in [5.74, 6) is -0.380. The molecule has 80 valence electrons. The molecule has 14 heavy (non-hydrogen) atoms. The minimum Gasteiger partial charge on any atom is -0.481 e. The molecule has 0 aromatic heterocycles. The zero-order valence-corrected chi connectivity index (χ0v) is 8.24. The topological polar surface area (TPSA) is 58.6 Å². The van der Waals surface area contributed by atoms with E-state index in [-0.39, 0.29) is 5.92 Å². The fourth-order valence-electron chi connectivity index (χ4n) is 2.01. The lowest BCUT2D eigenvalue weighted by Gasteiger charge is -2.09. The van der Waals surface area contributed by atoms with Crippen LogP contribution in [0.1, 0.15) is 19.3 Å². The average molecular weight is 199 g/mol. The normalized spacial score (nSPS) is 35.9. The van der Waals surface area contributed by atoms with Gasteiger partial charge in [0.1, 0.15) is 0 Å². The summed E-state index contributed by atoms with van der Waals surface area (Å²) < 4.78 is 5.45. The van der Waals surface area contributed by atoms with Gasteiger partial charge in [0.25, 0.3) is 0 Å². The van der Waals surface area contributed by atoms with Crippen molar-refractivity contribution in [3.8, 4) is 0 Å². The fourth-order valence-corrected chi connectivity index (χ4v) is 2.01.